The normalized spacial score (nSPS) is 11.3. The highest BCUT2D eigenvalue weighted by molar-refractivity contribution is 5.91. The van der Waals surface area contributed by atoms with Crippen molar-refractivity contribution < 1.29 is 24.0 Å². The SMILES string of the molecule is CCNC(OC(=O)CC(=O)ONC(C)=O)c1ccccc1. The predicted octanol–water partition coefficient (Wildman–Crippen LogP) is 0.822. The number of nitrogens with one attached hydrogen (secondary N) is 2. The Morgan fingerprint density at radius 3 is 2.38 bits per heavy atom. The lowest BCUT2D eigenvalue weighted by Crippen LogP contribution is -2.29. The Morgan fingerprint density at radius 2 is 1.81 bits per heavy atom. The summed E-state index contributed by atoms with van der Waals surface area (Å²) in [7, 11) is 0. The van der Waals surface area contributed by atoms with Gasteiger partial charge in [-0.05, 0) is 6.54 Å². The van der Waals surface area contributed by atoms with E-state index < -0.39 is 30.5 Å². The molecule has 0 saturated carbocycles. The van der Waals surface area contributed by atoms with Gasteiger partial charge in [0.2, 0.25) is 5.91 Å². The summed E-state index contributed by atoms with van der Waals surface area (Å²) in [6.45, 7) is 3.64. The van der Waals surface area contributed by atoms with Crippen LogP contribution in [-0.2, 0) is 24.0 Å². The van der Waals surface area contributed by atoms with E-state index >= 15 is 0 Å². The summed E-state index contributed by atoms with van der Waals surface area (Å²) in [5.41, 5.74) is 2.62. The molecular weight excluding hydrogens is 276 g/mol. The summed E-state index contributed by atoms with van der Waals surface area (Å²) in [4.78, 5) is 37.9. The monoisotopic (exact) mass is 294 g/mol. The van der Waals surface area contributed by atoms with Crippen LogP contribution in [0.1, 0.15) is 32.1 Å². The number of ether oxygens (including phenoxy) is 1. The van der Waals surface area contributed by atoms with Crippen molar-refractivity contribution in [3.63, 3.8) is 0 Å². The Balaban J connectivity index is 2.53. The molecule has 7 nitrogen and oxygen atoms in total. The fraction of sp³-hybridized carbons (Fsp3) is 0.357. The summed E-state index contributed by atoms with van der Waals surface area (Å²) in [5.74, 6) is -2.18. The van der Waals surface area contributed by atoms with Gasteiger partial charge in [-0.2, -0.15) is 5.48 Å². The fourth-order valence-electron chi connectivity index (χ4n) is 1.50. The van der Waals surface area contributed by atoms with E-state index in [2.05, 4.69) is 10.2 Å². The molecule has 0 aliphatic heterocycles. The van der Waals surface area contributed by atoms with Crippen LogP contribution >= 0.6 is 0 Å². The number of carbonyl (C=O) groups is 3. The molecule has 0 saturated heterocycles. The standard InChI is InChI=1S/C14H18N2O5/c1-3-15-14(11-7-5-4-6-8-11)20-12(18)9-13(19)21-16-10(2)17/h4-8,14-15H,3,9H2,1-2H3,(H,16,17). The van der Waals surface area contributed by atoms with Gasteiger partial charge in [-0.25, -0.2) is 4.79 Å². The van der Waals surface area contributed by atoms with Crippen LogP contribution in [0.4, 0.5) is 0 Å². The smallest absolute Gasteiger partial charge is 0.343 e. The third kappa shape index (κ3) is 6.53. The molecule has 0 radical (unpaired) electrons. The average molecular weight is 294 g/mol. The van der Waals surface area contributed by atoms with E-state index in [0.717, 1.165) is 5.56 Å². The molecule has 2 N–H and O–H groups in total. The van der Waals surface area contributed by atoms with Crippen molar-refractivity contribution in [1.29, 1.82) is 0 Å². The molecule has 0 heterocycles. The average Bonchev–Trinajstić information content (AvgIpc) is 2.45. The van der Waals surface area contributed by atoms with Gasteiger partial charge in [-0.1, -0.05) is 37.3 Å². The minimum Gasteiger partial charge on any atom is -0.442 e. The van der Waals surface area contributed by atoms with Crippen LogP contribution in [0.5, 0.6) is 0 Å². The topological polar surface area (TPSA) is 93.7 Å². The van der Waals surface area contributed by atoms with Crippen molar-refractivity contribution in [2.75, 3.05) is 6.54 Å². The van der Waals surface area contributed by atoms with Gasteiger partial charge in [-0.15, -0.1) is 0 Å². The number of hydrogen-bond donors (Lipinski definition) is 2. The maximum absolute atomic E-state index is 11.7. The maximum atomic E-state index is 11.7. The minimum atomic E-state index is -0.890. The molecule has 114 valence electrons. The molecular formula is C14H18N2O5. The molecule has 0 aromatic heterocycles. The number of hydrogen-bond acceptors (Lipinski definition) is 6. The molecule has 0 aliphatic rings. The predicted molar refractivity (Wildman–Crippen MR) is 73.5 cm³/mol. The zero-order valence-corrected chi connectivity index (χ0v) is 11.9. The zero-order valence-electron chi connectivity index (χ0n) is 11.9. The molecule has 0 aliphatic carbocycles. The number of esters is 1. The molecule has 21 heavy (non-hydrogen) atoms. The number of rotatable bonds is 6. The van der Waals surface area contributed by atoms with Crippen LogP contribution in [0.15, 0.2) is 30.3 Å². The van der Waals surface area contributed by atoms with Crippen LogP contribution in [0, 0.1) is 0 Å². The first-order valence-electron chi connectivity index (χ1n) is 6.47. The van der Waals surface area contributed by atoms with Crippen molar-refractivity contribution in [2.45, 2.75) is 26.5 Å². The van der Waals surface area contributed by atoms with Gasteiger partial charge in [0.15, 0.2) is 6.23 Å². The molecule has 1 aromatic carbocycles. The molecule has 1 rings (SSSR count). The Labute approximate surface area is 122 Å². The van der Waals surface area contributed by atoms with Gasteiger partial charge in [0.25, 0.3) is 0 Å². The summed E-state index contributed by atoms with van der Waals surface area (Å²) in [6.07, 6.45) is -1.23. The molecule has 7 heteroatoms. The third-order valence-electron chi connectivity index (χ3n) is 2.34. The molecule has 1 amide bonds. The lowest BCUT2D eigenvalue weighted by Gasteiger charge is -2.18. The highest BCUT2D eigenvalue weighted by atomic mass is 16.7. The van der Waals surface area contributed by atoms with Gasteiger partial charge in [0.1, 0.15) is 6.42 Å². The number of benzene rings is 1. The van der Waals surface area contributed by atoms with E-state index in [4.69, 9.17) is 4.74 Å². The molecule has 1 unspecified atom stereocenters. The first kappa shape index (κ1) is 16.6. The minimum absolute atomic E-state index is 0.536. The van der Waals surface area contributed by atoms with E-state index in [-0.39, 0.29) is 0 Å². The van der Waals surface area contributed by atoms with Crippen molar-refractivity contribution in [1.82, 2.24) is 10.8 Å². The van der Waals surface area contributed by atoms with Gasteiger partial charge < -0.3 is 9.57 Å². The van der Waals surface area contributed by atoms with Crippen molar-refractivity contribution in [3.05, 3.63) is 35.9 Å². The van der Waals surface area contributed by atoms with E-state index in [1.807, 2.05) is 30.6 Å². The van der Waals surface area contributed by atoms with Crippen molar-refractivity contribution in [2.24, 2.45) is 0 Å². The second-order valence-corrected chi connectivity index (χ2v) is 4.15. The van der Waals surface area contributed by atoms with Crippen LogP contribution in [0.2, 0.25) is 0 Å². The first-order valence-corrected chi connectivity index (χ1v) is 6.47. The van der Waals surface area contributed by atoms with E-state index in [1.165, 1.54) is 6.92 Å². The third-order valence-corrected chi connectivity index (χ3v) is 2.34. The van der Waals surface area contributed by atoms with Crippen LogP contribution in [0.25, 0.3) is 0 Å². The van der Waals surface area contributed by atoms with Gasteiger partial charge in [-0.3, -0.25) is 14.9 Å². The largest absolute Gasteiger partial charge is 0.442 e. The number of carbonyl (C=O) groups excluding carboxylic acids is 3. The zero-order chi connectivity index (χ0) is 15.7. The van der Waals surface area contributed by atoms with E-state index in [1.54, 1.807) is 12.1 Å². The van der Waals surface area contributed by atoms with Gasteiger partial charge in [0.05, 0.1) is 0 Å². The lowest BCUT2D eigenvalue weighted by molar-refractivity contribution is -0.165. The summed E-state index contributed by atoms with van der Waals surface area (Å²) in [5, 5.41) is 2.99. The Bertz CT molecular complexity index is 489. The van der Waals surface area contributed by atoms with Crippen molar-refractivity contribution in [3.8, 4) is 0 Å². The van der Waals surface area contributed by atoms with Crippen LogP contribution < -0.4 is 10.8 Å². The second kappa shape index (κ2) is 8.70. The Hall–Kier alpha value is -2.41. The number of amides is 1. The van der Waals surface area contributed by atoms with E-state index in [0.29, 0.717) is 6.54 Å². The van der Waals surface area contributed by atoms with Crippen LogP contribution in [0.3, 0.4) is 0 Å². The molecule has 0 fully saturated rings. The Morgan fingerprint density at radius 1 is 1.14 bits per heavy atom. The molecule has 1 aromatic rings. The maximum Gasteiger partial charge on any atom is 0.343 e. The summed E-state index contributed by atoms with van der Waals surface area (Å²) >= 11 is 0. The second-order valence-electron chi connectivity index (χ2n) is 4.15. The highest BCUT2D eigenvalue weighted by Gasteiger charge is 2.19. The lowest BCUT2D eigenvalue weighted by atomic mass is 10.2. The number of hydroxylamine groups is 1. The fourth-order valence-corrected chi connectivity index (χ4v) is 1.50. The quantitative estimate of drug-likeness (QED) is 0.349. The van der Waals surface area contributed by atoms with Gasteiger partial charge in [0, 0.05) is 12.5 Å². The summed E-state index contributed by atoms with van der Waals surface area (Å²) < 4.78 is 5.19. The highest BCUT2D eigenvalue weighted by Crippen LogP contribution is 2.14. The van der Waals surface area contributed by atoms with Gasteiger partial charge >= 0.3 is 11.9 Å². The molecule has 0 bridgehead atoms. The Kier molecular flexibility index (Phi) is 6.90. The molecule has 1 atom stereocenters. The summed E-state index contributed by atoms with van der Waals surface area (Å²) in [6, 6.07) is 9.09. The van der Waals surface area contributed by atoms with E-state index in [9.17, 15) is 14.4 Å². The first-order chi connectivity index (χ1) is 10.0. The molecule has 0 spiro atoms. The van der Waals surface area contributed by atoms with Crippen molar-refractivity contribution >= 4 is 17.8 Å². The van der Waals surface area contributed by atoms with Crippen LogP contribution in [-0.4, -0.2) is 24.4 Å².